The van der Waals surface area contributed by atoms with Crippen LogP contribution in [0.3, 0.4) is 0 Å². The number of aromatic nitrogens is 2. The van der Waals surface area contributed by atoms with Gasteiger partial charge in [0.1, 0.15) is 5.76 Å². The molecule has 0 saturated carbocycles. The van der Waals surface area contributed by atoms with Crippen molar-refractivity contribution in [1.82, 2.24) is 9.97 Å². The van der Waals surface area contributed by atoms with E-state index >= 15 is 0 Å². The van der Waals surface area contributed by atoms with Gasteiger partial charge in [0, 0.05) is 11.3 Å². The summed E-state index contributed by atoms with van der Waals surface area (Å²) in [6.45, 7) is 10.2. The number of nitrogens with one attached hydrogen (secondary N) is 1. The molecule has 1 atom stereocenters. The number of rotatable bonds is 6. The van der Waals surface area contributed by atoms with Crippen molar-refractivity contribution in [1.29, 1.82) is 0 Å². The first-order chi connectivity index (χ1) is 10.8. The number of thiazole rings is 1. The lowest BCUT2D eigenvalue weighted by Gasteiger charge is -2.12. The number of anilines is 1. The van der Waals surface area contributed by atoms with E-state index in [9.17, 15) is 4.79 Å². The maximum Gasteiger partial charge on any atom is 0.228 e. The molecule has 1 unspecified atom stereocenters. The molecule has 0 radical (unpaired) electrons. The number of carbonyl (C=O) groups is 1. The van der Waals surface area contributed by atoms with Crippen LogP contribution < -0.4 is 5.32 Å². The molecular weight excluding hydrogens is 330 g/mol. The second kappa shape index (κ2) is 7.49. The molecule has 2 heterocycles. The molecule has 1 amide bonds. The summed E-state index contributed by atoms with van der Waals surface area (Å²) in [7, 11) is 0. The Kier molecular flexibility index (Phi) is 5.86. The van der Waals surface area contributed by atoms with Crippen LogP contribution in [0.5, 0.6) is 0 Å². The van der Waals surface area contributed by atoms with Crippen LogP contribution in [0.1, 0.15) is 52.7 Å². The molecule has 7 heteroatoms. The quantitative estimate of drug-likeness (QED) is 0.762. The number of nitrogens with zero attached hydrogens (tertiary/aromatic N) is 2. The Balaban J connectivity index is 1.90. The summed E-state index contributed by atoms with van der Waals surface area (Å²) in [5.74, 6) is 2.26. The molecule has 23 heavy (non-hydrogen) atoms. The van der Waals surface area contributed by atoms with Gasteiger partial charge in [0.25, 0.3) is 0 Å². The van der Waals surface area contributed by atoms with Gasteiger partial charge in [-0.1, -0.05) is 46.0 Å². The standard InChI is InChI=1S/C16H23N3O2S2/c1-6-10(2)14(20)19-15-18-8-13(23-15)22-9-12-17-7-11(21-12)16(3,4)5/h7-8,10H,6,9H2,1-5H3,(H,18,19,20). The minimum Gasteiger partial charge on any atom is -0.444 e. The van der Waals surface area contributed by atoms with Gasteiger partial charge < -0.3 is 9.73 Å². The molecule has 0 aliphatic rings. The van der Waals surface area contributed by atoms with E-state index in [2.05, 4.69) is 36.1 Å². The van der Waals surface area contributed by atoms with Gasteiger partial charge in [-0.05, 0) is 6.42 Å². The van der Waals surface area contributed by atoms with Gasteiger partial charge in [0.2, 0.25) is 11.8 Å². The fourth-order valence-electron chi connectivity index (χ4n) is 1.65. The van der Waals surface area contributed by atoms with E-state index in [0.717, 1.165) is 16.4 Å². The topological polar surface area (TPSA) is 68.0 Å². The van der Waals surface area contributed by atoms with Crippen LogP contribution in [-0.2, 0) is 16.0 Å². The average molecular weight is 354 g/mol. The zero-order chi connectivity index (χ0) is 17.0. The highest BCUT2D eigenvalue weighted by atomic mass is 32.2. The summed E-state index contributed by atoms with van der Waals surface area (Å²) in [6.07, 6.45) is 4.38. The first-order valence-electron chi connectivity index (χ1n) is 7.64. The SMILES string of the molecule is CCC(C)C(=O)Nc1ncc(SCc2ncc(C(C)(C)C)o2)s1. The van der Waals surface area contributed by atoms with Gasteiger partial charge in [0.15, 0.2) is 5.13 Å². The van der Waals surface area contributed by atoms with Crippen molar-refractivity contribution in [3.8, 4) is 0 Å². The van der Waals surface area contributed by atoms with E-state index < -0.39 is 0 Å². The second-order valence-electron chi connectivity index (χ2n) is 6.44. The van der Waals surface area contributed by atoms with Crippen LogP contribution in [0.15, 0.2) is 21.0 Å². The monoisotopic (exact) mass is 353 g/mol. The van der Waals surface area contributed by atoms with E-state index in [1.807, 2.05) is 13.8 Å². The van der Waals surface area contributed by atoms with Crippen molar-refractivity contribution in [3.05, 3.63) is 24.0 Å². The molecule has 2 aromatic heterocycles. The summed E-state index contributed by atoms with van der Waals surface area (Å²) >= 11 is 3.08. The van der Waals surface area contributed by atoms with Crippen molar-refractivity contribution in [2.45, 2.75) is 56.4 Å². The van der Waals surface area contributed by atoms with Crippen molar-refractivity contribution in [2.24, 2.45) is 5.92 Å². The largest absolute Gasteiger partial charge is 0.444 e. The Labute approximate surface area is 145 Å². The molecule has 2 rings (SSSR count). The van der Waals surface area contributed by atoms with E-state index in [1.165, 1.54) is 11.3 Å². The smallest absolute Gasteiger partial charge is 0.228 e. The van der Waals surface area contributed by atoms with E-state index in [0.29, 0.717) is 16.8 Å². The molecule has 1 N–H and O–H groups in total. The van der Waals surface area contributed by atoms with Crippen LogP contribution in [0.25, 0.3) is 0 Å². The maximum absolute atomic E-state index is 11.9. The minimum atomic E-state index is -0.0339. The van der Waals surface area contributed by atoms with Crippen molar-refractivity contribution in [3.63, 3.8) is 0 Å². The van der Waals surface area contributed by atoms with Crippen molar-refractivity contribution >= 4 is 34.1 Å². The highest BCUT2D eigenvalue weighted by Gasteiger charge is 2.19. The summed E-state index contributed by atoms with van der Waals surface area (Å²) in [5, 5.41) is 3.49. The zero-order valence-corrected chi connectivity index (χ0v) is 15.8. The molecule has 0 aromatic carbocycles. The van der Waals surface area contributed by atoms with Crippen LogP contribution in [-0.4, -0.2) is 15.9 Å². The Morgan fingerprint density at radius 2 is 2.13 bits per heavy atom. The summed E-state index contributed by atoms with van der Waals surface area (Å²) in [4.78, 5) is 20.4. The third kappa shape index (κ3) is 5.07. The van der Waals surface area contributed by atoms with Gasteiger partial charge in [-0.15, -0.1) is 11.8 Å². The van der Waals surface area contributed by atoms with Gasteiger partial charge in [-0.3, -0.25) is 4.79 Å². The maximum atomic E-state index is 11.9. The number of hydrogen-bond acceptors (Lipinski definition) is 6. The highest BCUT2D eigenvalue weighted by molar-refractivity contribution is 8.00. The predicted molar refractivity (Wildman–Crippen MR) is 95.0 cm³/mol. The summed E-state index contributed by atoms with van der Waals surface area (Å²) < 4.78 is 6.80. The average Bonchev–Trinajstić information content (AvgIpc) is 3.12. The Bertz CT molecular complexity index is 658. The number of carbonyl (C=O) groups excluding carboxylic acids is 1. The second-order valence-corrected chi connectivity index (χ2v) is 8.75. The van der Waals surface area contributed by atoms with Crippen LogP contribution in [0.2, 0.25) is 0 Å². The molecule has 0 aliphatic carbocycles. The van der Waals surface area contributed by atoms with Gasteiger partial charge in [-0.2, -0.15) is 0 Å². The Morgan fingerprint density at radius 3 is 2.74 bits per heavy atom. The fraction of sp³-hybridized carbons (Fsp3) is 0.562. The van der Waals surface area contributed by atoms with E-state index in [4.69, 9.17) is 4.42 Å². The lowest BCUT2D eigenvalue weighted by atomic mass is 9.94. The van der Waals surface area contributed by atoms with E-state index in [-0.39, 0.29) is 17.2 Å². The lowest BCUT2D eigenvalue weighted by molar-refractivity contribution is -0.119. The van der Waals surface area contributed by atoms with Crippen LogP contribution in [0, 0.1) is 5.92 Å². The van der Waals surface area contributed by atoms with E-state index in [1.54, 1.807) is 24.2 Å². The molecule has 0 bridgehead atoms. The number of thioether (sulfide) groups is 1. The third-order valence-corrected chi connectivity index (χ3v) is 5.50. The molecule has 126 valence electrons. The molecule has 0 spiro atoms. The van der Waals surface area contributed by atoms with Crippen molar-refractivity contribution in [2.75, 3.05) is 5.32 Å². The Morgan fingerprint density at radius 1 is 1.39 bits per heavy atom. The van der Waals surface area contributed by atoms with Gasteiger partial charge >= 0.3 is 0 Å². The normalized spacial score (nSPS) is 13.1. The van der Waals surface area contributed by atoms with Crippen LogP contribution >= 0.6 is 23.1 Å². The molecule has 0 saturated heterocycles. The summed E-state index contributed by atoms with van der Waals surface area (Å²) in [5.41, 5.74) is -0.0339. The predicted octanol–water partition coefficient (Wildman–Crippen LogP) is 4.71. The molecule has 2 aromatic rings. The fourth-order valence-corrected chi connectivity index (χ4v) is 3.38. The van der Waals surface area contributed by atoms with Crippen LogP contribution in [0.4, 0.5) is 5.13 Å². The Hall–Kier alpha value is -1.34. The molecule has 0 aliphatic heterocycles. The first kappa shape index (κ1) is 18.0. The molecular formula is C16H23N3O2S2. The number of oxazole rings is 1. The summed E-state index contributed by atoms with van der Waals surface area (Å²) in [6, 6.07) is 0. The zero-order valence-electron chi connectivity index (χ0n) is 14.2. The number of amides is 1. The first-order valence-corrected chi connectivity index (χ1v) is 9.44. The lowest BCUT2D eigenvalue weighted by Crippen LogP contribution is -2.19. The highest BCUT2D eigenvalue weighted by Crippen LogP contribution is 2.31. The van der Waals surface area contributed by atoms with Crippen molar-refractivity contribution < 1.29 is 9.21 Å². The number of hydrogen-bond donors (Lipinski definition) is 1. The minimum absolute atomic E-state index is 0.00172. The van der Waals surface area contributed by atoms with Gasteiger partial charge in [0.05, 0.1) is 22.4 Å². The molecule has 0 fully saturated rings. The molecule has 5 nitrogen and oxygen atoms in total. The third-order valence-electron chi connectivity index (χ3n) is 3.41. The van der Waals surface area contributed by atoms with Gasteiger partial charge in [-0.25, -0.2) is 9.97 Å².